The van der Waals surface area contributed by atoms with Crippen LogP contribution < -0.4 is 15.5 Å². The molecule has 2 amide bonds. The van der Waals surface area contributed by atoms with Crippen molar-refractivity contribution in [3.05, 3.63) is 77.3 Å². The molecule has 29 heavy (non-hydrogen) atoms. The van der Waals surface area contributed by atoms with Crippen molar-refractivity contribution < 1.29 is 14.3 Å². The van der Waals surface area contributed by atoms with Crippen LogP contribution in [0.1, 0.15) is 29.8 Å². The maximum atomic E-state index is 12.5. The smallest absolute Gasteiger partial charge is 0.262 e. The summed E-state index contributed by atoms with van der Waals surface area (Å²) in [5, 5.41) is 7.28. The van der Waals surface area contributed by atoms with Crippen molar-refractivity contribution in [2.24, 2.45) is 11.0 Å². The summed E-state index contributed by atoms with van der Waals surface area (Å²) in [5.74, 6) is -0.280. The molecule has 6 nitrogen and oxygen atoms in total. The van der Waals surface area contributed by atoms with Crippen molar-refractivity contribution in [3.8, 4) is 5.75 Å². The first-order valence-corrected chi connectivity index (χ1v) is 9.52. The van der Waals surface area contributed by atoms with Crippen molar-refractivity contribution in [2.45, 2.75) is 19.9 Å². The minimum Gasteiger partial charge on any atom is -0.489 e. The van der Waals surface area contributed by atoms with E-state index in [9.17, 15) is 9.59 Å². The van der Waals surface area contributed by atoms with Gasteiger partial charge in [0.2, 0.25) is 0 Å². The van der Waals surface area contributed by atoms with Gasteiger partial charge in [0.05, 0.1) is 6.21 Å². The van der Waals surface area contributed by atoms with Gasteiger partial charge in [-0.1, -0.05) is 50.2 Å². The Bertz CT molecular complexity index is 879. The summed E-state index contributed by atoms with van der Waals surface area (Å²) in [5.41, 5.74) is 3.61. The van der Waals surface area contributed by atoms with Gasteiger partial charge in [0.1, 0.15) is 18.4 Å². The molecule has 0 bridgehead atoms. The molecular formula is C22H24ClN3O3. The molecule has 0 radical (unpaired) electrons. The minimum atomic E-state index is -0.748. The molecule has 1 unspecified atom stereocenters. The van der Waals surface area contributed by atoms with E-state index in [2.05, 4.69) is 22.4 Å². The first-order valence-electron chi connectivity index (χ1n) is 9.14. The summed E-state index contributed by atoms with van der Waals surface area (Å²) in [6.07, 6.45) is 3.14. The van der Waals surface area contributed by atoms with Gasteiger partial charge in [0.25, 0.3) is 11.8 Å². The second kappa shape index (κ2) is 11.0. The number of halogens is 1. The third-order valence-corrected chi connectivity index (χ3v) is 4.25. The first kappa shape index (κ1) is 22.2. The van der Waals surface area contributed by atoms with Crippen LogP contribution in [0.4, 0.5) is 0 Å². The standard InChI is InChI=1S/C22H24ClN3O3/c1-4-13-29-19-8-6-5-7-17(19)14-24-26-22(28)20(15(2)3)25-21(27)16-9-11-18(23)12-10-16/h4-12,14-15,20H,1,13H2,2-3H3,(H,25,27)(H,26,28)/b24-14+. The fourth-order valence-corrected chi connectivity index (χ4v) is 2.59. The topological polar surface area (TPSA) is 79.8 Å². The molecule has 0 spiro atoms. The van der Waals surface area contributed by atoms with Crippen LogP contribution in [0.3, 0.4) is 0 Å². The molecule has 0 saturated carbocycles. The van der Waals surface area contributed by atoms with Gasteiger partial charge in [-0.25, -0.2) is 5.43 Å². The number of carbonyl (C=O) groups excluding carboxylic acids is 2. The number of hydrogen-bond acceptors (Lipinski definition) is 4. The van der Waals surface area contributed by atoms with Crippen LogP contribution in [0.2, 0.25) is 5.02 Å². The SMILES string of the molecule is C=CCOc1ccccc1/C=N/NC(=O)C(NC(=O)c1ccc(Cl)cc1)C(C)C. The number of hydrazone groups is 1. The van der Waals surface area contributed by atoms with Crippen molar-refractivity contribution in [1.29, 1.82) is 0 Å². The van der Waals surface area contributed by atoms with Crippen molar-refractivity contribution >= 4 is 29.6 Å². The second-order valence-corrected chi connectivity index (χ2v) is 7.01. The normalized spacial score (nSPS) is 11.9. The van der Waals surface area contributed by atoms with Crippen molar-refractivity contribution in [3.63, 3.8) is 0 Å². The van der Waals surface area contributed by atoms with Crippen LogP contribution in [-0.2, 0) is 4.79 Å². The van der Waals surface area contributed by atoms with Gasteiger partial charge in [-0.05, 0) is 42.3 Å². The van der Waals surface area contributed by atoms with E-state index < -0.39 is 11.9 Å². The van der Waals surface area contributed by atoms with Crippen LogP contribution >= 0.6 is 11.6 Å². The predicted octanol–water partition coefficient (Wildman–Crippen LogP) is 3.81. The third kappa shape index (κ3) is 6.76. The van der Waals surface area contributed by atoms with Crippen LogP contribution in [0.5, 0.6) is 5.75 Å². The summed E-state index contributed by atoms with van der Waals surface area (Å²) in [4.78, 5) is 25.0. The lowest BCUT2D eigenvalue weighted by atomic mass is 10.0. The molecule has 2 aromatic rings. The van der Waals surface area contributed by atoms with Crippen LogP contribution in [0.25, 0.3) is 0 Å². The summed E-state index contributed by atoms with van der Waals surface area (Å²) < 4.78 is 5.55. The maximum absolute atomic E-state index is 12.5. The molecule has 0 aliphatic rings. The number of nitrogens with zero attached hydrogens (tertiary/aromatic N) is 1. The van der Waals surface area contributed by atoms with E-state index in [1.807, 2.05) is 32.0 Å². The van der Waals surface area contributed by atoms with Gasteiger partial charge >= 0.3 is 0 Å². The molecule has 1 atom stereocenters. The maximum Gasteiger partial charge on any atom is 0.262 e. The summed E-state index contributed by atoms with van der Waals surface area (Å²) in [6, 6.07) is 13.0. The third-order valence-electron chi connectivity index (χ3n) is 4.00. The summed E-state index contributed by atoms with van der Waals surface area (Å²) >= 11 is 5.84. The monoisotopic (exact) mass is 413 g/mol. The lowest BCUT2D eigenvalue weighted by molar-refractivity contribution is -0.123. The molecule has 2 aromatic carbocycles. The Hall–Kier alpha value is -3.12. The van der Waals surface area contributed by atoms with E-state index in [1.165, 1.54) is 6.21 Å². The fraction of sp³-hybridized carbons (Fsp3) is 0.227. The minimum absolute atomic E-state index is 0.135. The summed E-state index contributed by atoms with van der Waals surface area (Å²) in [7, 11) is 0. The van der Waals surface area contributed by atoms with E-state index in [0.29, 0.717) is 28.5 Å². The zero-order chi connectivity index (χ0) is 21.2. The Balaban J connectivity index is 2.03. The van der Waals surface area contributed by atoms with Gasteiger partial charge in [0.15, 0.2) is 0 Å². The summed E-state index contributed by atoms with van der Waals surface area (Å²) in [6.45, 7) is 7.67. The molecule has 0 aliphatic heterocycles. The Kier molecular flexibility index (Phi) is 8.43. The van der Waals surface area contributed by atoms with E-state index in [0.717, 1.165) is 0 Å². The molecule has 0 aromatic heterocycles. The highest BCUT2D eigenvalue weighted by molar-refractivity contribution is 6.30. The van der Waals surface area contributed by atoms with Gasteiger partial charge in [-0.15, -0.1) is 0 Å². The lowest BCUT2D eigenvalue weighted by Crippen LogP contribution is -2.48. The van der Waals surface area contributed by atoms with Crippen LogP contribution in [-0.4, -0.2) is 30.7 Å². The molecule has 0 heterocycles. The Morgan fingerprint density at radius 2 is 1.86 bits per heavy atom. The second-order valence-electron chi connectivity index (χ2n) is 6.57. The van der Waals surface area contributed by atoms with Gasteiger partial charge in [0, 0.05) is 16.1 Å². The number of hydrogen-bond donors (Lipinski definition) is 2. The molecule has 0 fully saturated rings. The fourth-order valence-electron chi connectivity index (χ4n) is 2.46. The number of para-hydroxylation sites is 1. The highest BCUT2D eigenvalue weighted by Gasteiger charge is 2.24. The van der Waals surface area contributed by atoms with Crippen molar-refractivity contribution in [1.82, 2.24) is 10.7 Å². The molecule has 152 valence electrons. The molecule has 0 saturated heterocycles. The molecule has 2 N–H and O–H groups in total. The largest absolute Gasteiger partial charge is 0.489 e. The average Bonchev–Trinajstić information content (AvgIpc) is 2.71. The Morgan fingerprint density at radius 3 is 2.52 bits per heavy atom. The molecule has 7 heteroatoms. The van der Waals surface area contributed by atoms with E-state index >= 15 is 0 Å². The Labute approximate surface area is 175 Å². The zero-order valence-corrected chi connectivity index (χ0v) is 17.1. The van der Waals surface area contributed by atoms with Gasteiger partial charge in [-0.3, -0.25) is 9.59 Å². The Morgan fingerprint density at radius 1 is 1.17 bits per heavy atom. The predicted molar refractivity (Wildman–Crippen MR) is 115 cm³/mol. The van der Waals surface area contributed by atoms with E-state index in [1.54, 1.807) is 36.4 Å². The van der Waals surface area contributed by atoms with Crippen LogP contribution in [0, 0.1) is 5.92 Å². The van der Waals surface area contributed by atoms with Gasteiger partial charge < -0.3 is 10.1 Å². The number of rotatable bonds is 9. The zero-order valence-electron chi connectivity index (χ0n) is 16.4. The number of amides is 2. The first-order chi connectivity index (χ1) is 13.9. The molecule has 2 rings (SSSR count). The highest BCUT2D eigenvalue weighted by atomic mass is 35.5. The average molecular weight is 414 g/mol. The highest BCUT2D eigenvalue weighted by Crippen LogP contribution is 2.15. The van der Waals surface area contributed by atoms with E-state index in [-0.39, 0.29) is 11.8 Å². The quantitative estimate of drug-likeness (QED) is 0.372. The number of nitrogens with one attached hydrogen (secondary N) is 2. The van der Waals surface area contributed by atoms with E-state index in [4.69, 9.17) is 16.3 Å². The molecular weight excluding hydrogens is 390 g/mol. The lowest BCUT2D eigenvalue weighted by Gasteiger charge is -2.20. The number of carbonyl (C=O) groups is 2. The van der Waals surface area contributed by atoms with Crippen LogP contribution in [0.15, 0.2) is 66.3 Å². The van der Waals surface area contributed by atoms with Gasteiger partial charge in [-0.2, -0.15) is 5.10 Å². The number of ether oxygens (including phenoxy) is 1. The number of benzene rings is 2. The van der Waals surface area contributed by atoms with Crippen molar-refractivity contribution in [2.75, 3.05) is 6.61 Å². The molecule has 0 aliphatic carbocycles.